The third-order valence-corrected chi connectivity index (χ3v) is 3.17. The summed E-state index contributed by atoms with van der Waals surface area (Å²) in [6, 6.07) is 9.94. The van der Waals surface area contributed by atoms with Gasteiger partial charge in [0.05, 0.1) is 11.7 Å². The normalized spacial score (nSPS) is 16.0. The number of hydrogen-bond acceptors (Lipinski definition) is 2. The molecule has 0 saturated heterocycles. The molecule has 114 valence electrons. The Morgan fingerprint density at radius 3 is 2.33 bits per heavy atom. The second-order valence-corrected chi connectivity index (χ2v) is 5.73. The molecule has 1 rings (SSSR count). The van der Waals surface area contributed by atoms with Gasteiger partial charge < -0.3 is 10.2 Å². The lowest BCUT2D eigenvalue weighted by atomic mass is 9.97. The summed E-state index contributed by atoms with van der Waals surface area (Å²) in [5.41, 5.74) is 0.273. The number of aliphatic hydroxyl groups is 2. The van der Waals surface area contributed by atoms with E-state index in [0.29, 0.717) is 0 Å². The van der Waals surface area contributed by atoms with Crippen molar-refractivity contribution in [3.8, 4) is 0 Å². The van der Waals surface area contributed by atoms with Crippen LogP contribution in [0.15, 0.2) is 60.7 Å². The van der Waals surface area contributed by atoms with Gasteiger partial charge in [0.2, 0.25) is 0 Å². The summed E-state index contributed by atoms with van der Waals surface area (Å²) in [6.45, 7) is 5.51. The molecule has 1 aromatic carbocycles. The van der Waals surface area contributed by atoms with Crippen molar-refractivity contribution >= 4 is 6.08 Å². The summed E-state index contributed by atoms with van der Waals surface area (Å²) in [5.74, 6) is 0.0661. The van der Waals surface area contributed by atoms with E-state index < -0.39 is 11.7 Å². The minimum absolute atomic E-state index is 0.0661. The van der Waals surface area contributed by atoms with E-state index >= 15 is 0 Å². The maximum atomic E-state index is 10.2. The highest BCUT2D eigenvalue weighted by atomic mass is 16.3. The topological polar surface area (TPSA) is 40.5 Å². The number of aliphatic hydroxyl groups excluding tert-OH is 1. The molecule has 0 aliphatic rings. The van der Waals surface area contributed by atoms with Crippen LogP contribution in [-0.4, -0.2) is 21.9 Å². The van der Waals surface area contributed by atoms with Gasteiger partial charge in [0.1, 0.15) is 0 Å². The highest BCUT2D eigenvalue weighted by Gasteiger charge is 2.10. The van der Waals surface area contributed by atoms with Crippen molar-refractivity contribution in [3.05, 3.63) is 66.3 Å². The molecule has 0 saturated carbocycles. The first-order valence-corrected chi connectivity index (χ1v) is 7.42. The van der Waals surface area contributed by atoms with E-state index in [1.807, 2.05) is 67.6 Å². The number of rotatable bonds is 7. The third-order valence-electron chi connectivity index (χ3n) is 3.17. The standard InChI is InChI=1S/C19H26O2/c1-4-17(12-8-9-15-19(2,3)21)18(20)14-13-16-10-6-5-7-11-16/h5-15,17-18,20-21H,4H2,1-3H3/b12-8+,14-13+,15-9+/t17-,18+/m0/s1. The zero-order valence-corrected chi connectivity index (χ0v) is 13.1. The number of allylic oxidation sites excluding steroid dienone is 2. The fourth-order valence-corrected chi connectivity index (χ4v) is 1.91. The quantitative estimate of drug-likeness (QED) is 0.745. The smallest absolute Gasteiger partial charge is 0.0786 e. The second-order valence-electron chi connectivity index (χ2n) is 5.73. The molecule has 2 heteroatoms. The Labute approximate surface area is 128 Å². The van der Waals surface area contributed by atoms with E-state index in [0.717, 1.165) is 12.0 Å². The molecule has 1 aromatic rings. The largest absolute Gasteiger partial charge is 0.388 e. The van der Waals surface area contributed by atoms with E-state index in [-0.39, 0.29) is 5.92 Å². The Morgan fingerprint density at radius 1 is 1.10 bits per heavy atom. The summed E-state index contributed by atoms with van der Waals surface area (Å²) in [5, 5.41) is 19.8. The fraction of sp³-hybridized carbons (Fsp3) is 0.368. The van der Waals surface area contributed by atoms with Crippen molar-refractivity contribution in [2.24, 2.45) is 5.92 Å². The molecule has 0 heterocycles. The molecule has 0 aliphatic heterocycles. The molecule has 2 atom stereocenters. The summed E-state index contributed by atoms with van der Waals surface area (Å²) >= 11 is 0. The van der Waals surface area contributed by atoms with Gasteiger partial charge >= 0.3 is 0 Å². The maximum absolute atomic E-state index is 10.2. The first-order chi connectivity index (χ1) is 9.92. The molecule has 0 radical (unpaired) electrons. The first kappa shape index (κ1) is 17.4. The van der Waals surface area contributed by atoms with Crippen molar-refractivity contribution < 1.29 is 10.2 Å². The predicted molar refractivity (Wildman–Crippen MR) is 89.8 cm³/mol. The molecule has 0 amide bonds. The molecule has 0 fully saturated rings. The van der Waals surface area contributed by atoms with Gasteiger partial charge in [-0.1, -0.05) is 73.7 Å². The van der Waals surface area contributed by atoms with Crippen LogP contribution in [0.3, 0.4) is 0 Å². The predicted octanol–water partition coefficient (Wildman–Crippen LogP) is 3.97. The average Bonchev–Trinajstić information content (AvgIpc) is 2.45. The summed E-state index contributed by atoms with van der Waals surface area (Å²) in [7, 11) is 0. The Balaban J connectivity index is 2.61. The first-order valence-electron chi connectivity index (χ1n) is 7.42. The van der Waals surface area contributed by atoms with Gasteiger partial charge in [0, 0.05) is 5.92 Å². The Morgan fingerprint density at radius 2 is 1.76 bits per heavy atom. The van der Waals surface area contributed by atoms with Crippen molar-refractivity contribution in [2.75, 3.05) is 0 Å². The van der Waals surface area contributed by atoms with Crippen LogP contribution in [0.1, 0.15) is 32.8 Å². The molecule has 0 bridgehead atoms. The van der Waals surface area contributed by atoms with Gasteiger partial charge in [-0.2, -0.15) is 0 Å². The van der Waals surface area contributed by atoms with E-state index in [9.17, 15) is 10.2 Å². The van der Waals surface area contributed by atoms with Gasteiger partial charge in [0.15, 0.2) is 0 Å². The zero-order chi connectivity index (χ0) is 15.7. The monoisotopic (exact) mass is 286 g/mol. The SMILES string of the molecule is CC[C@@H](/C=C/C=C/C(C)(C)O)[C@H](O)/C=C/c1ccccc1. The van der Waals surface area contributed by atoms with Crippen LogP contribution in [0.2, 0.25) is 0 Å². The Hall–Kier alpha value is -1.64. The van der Waals surface area contributed by atoms with Crippen molar-refractivity contribution in [3.63, 3.8) is 0 Å². The summed E-state index contributed by atoms with van der Waals surface area (Å²) < 4.78 is 0. The average molecular weight is 286 g/mol. The lowest BCUT2D eigenvalue weighted by molar-refractivity contribution is 0.133. The van der Waals surface area contributed by atoms with Gasteiger partial charge in [0.25, 0.3) is 0 Å². The van der Waals surface area contributed by atoms with Crippen molar-refractivity contribution in [2.45, 2.75) is 38.9 Å². The van der Waals surface area contributed by atoms with Crippen LogP contribution in [0.5, 0.6) is 0 Å². The summed E-state index contributed by atoms with van der Waals surface area (Å²) in [6.07, 6.45) is 11.5. The van der Waals surface area contributed by atoms with Crippen LogP contribution in [-0.2, 0) is 0 Å². The van der Waals surface area contributed by atoms with E-state index in [1.165, 1.54) is 0 Å². The maximum Gasteiger partial charge on any atom is 0.0786 e. The fourth-order valence-electron chi connectivity index (χ4n) is 1.91. The number of benzene rings is 1. The molecule has 2 nitrogen and oxygen atoms in total. The molecular formula is C19H26O2. The van der Waals surface area contributed by atoms with Crippen LogP contribution in [0.25, 0.3) is 6.08 Å². The molecule has 0 aromatic heterocycles. The molecule has 21 heavy (non-hydrogen) atoms. The van der Waals surface area contributed by atoms with Crippen LogP contribution >= 0.6 is 0 Å². The lowest BCUT2D eigenvalue weighted by Gasteiger charge is -2.14. The van der Waals surface area contributed by atoms with Crippen molar-refractivity contribution in [1.29, 1.82) is 0 Å². The highest BCUT2D eigenvalue weighted by Crippen LogP contribution is 2.14. The van der Waals surface area contributed by atoms with Crippen LogP contribution in [0.4, 0.5) is 0 Å². The van der Waals surface area contributed by atoms with Crippen molar-refractivity contribution in [1.82, 2.24) is 0 Å². The van der Waals surface area contributed by atoms with Gasteiger partial charge in [-0.15, -0.1) is 0 Å². The van der Waals surface area contributed by atoms with Gasteiger partial charge in [-0.25, -0.2) is 0 Å². The third kappa shape index (κ3) is 7.64. The van der Waals surface area contributed by atoms with Crippen LogP contribution in [0, 0.1) is 5.92 Å². The second kappa shape index (κ2) is 8.60. The Bertz CT molecular complexity index is 478. The van der Waals surface area contributed by atoms with E-state index in [4.69, 9.17) is 0 Å². The minimum atomic E-state index is -0.808. The number of hydrogen-bond donors (Lipinski definition) is 2. The molecule has 0 spiro atoms. The Kier molecular flexibility index (Phi) is 7.13. The van der Waals surface area contributed by atoms with Crippen LogP contribution < -0.4 is 0 Å². The minimum Gasteiger partial charge on any atom is -0.388 e. The van der Waals surface area contributed by atoms with Gasteiger partial charge in [-0.3, -0.25) is 0 Å². The summed E-state index contributed by atoms with van der Waals surface area (Å²) in [4.78, 5) is 0. The van der Waals surface area contributed by atoms with E-state index in [1.54, 1.807) is 19.9 Å². The molecule has 0 unspecified atom stereocenters. The molecular weight excluding hydrogens is 260 g/mol. The van der Waals surface area contributed by atoms with Gasteiger partial charge in [-0.05, 0) is 25.8 Å². The van der Waals surface area contributed by atoms with E-state index in [2.05, 4.69) is 0 Å². The highest BCUT2D eigenvalue weighted by molar-refractivity contribution is 5.49. The molecule has 2 N–H and O–H groups in total. The lowest BCUT2D eigenvalue weighted by Crippen LogP contribution is -2.15. The molecule has 0 aliphatic carbocycles. The zero-order valence-electron chi connectivity index (χ0n) is 13.1.